The van der Waals surface area contributed by atoms with E-state index in [4.69, 9.17) is 0 Å². The predicted octanol–water partition coefficient (Wildman–Crippen LogP) is 2.64. The van der Waals surface area contributed by atoms with Crippen LogP contribution < -0.4 is 10.2 Å². The number of halogens is 1. The number of hydrogen-bond donors (Lipinski definition) is 1. The van der Waals surface area contributed by atoms with Gasteiger partial charge >= 0.3 is 0 Å². The average molecular weight is 340 g/mol. The normalized spacial score (nSPS) is 13.0. The standard InChI is InChI=1S/C20H21FN2O2/c1-23-18-8-4-15(12-16(18)13-20(23)25)10-11-22-19(24)9-5-14-2-6-17(21)7-3-14/h2-4,6-8,12H,5,9-11,13H2,1H3,(H,22,24). The molecule has 0 atom stereocenters. The quantitative estimate of drug-likeness (QED) is 0.879. The van der Waals surface area contributed by atoms with Crippen molar-refractivity contribution in [1.29, 1.82) is 0 Å². The first-order chi connectivity index (χ1) is 12.0. The van der Waals surface area contributed by atoms with E-state index in [0.29, 0.717) is 25.8 Å². The molecule has 0 spiro atoms. The van der Waals surface area contributed by atoms with Crippen LogP contribution in [0.1, 0.15) is 23.1 Å². The Bertz CT molecular complexity index is 787. The van der Waals surface area contributed by atoms with Crippen molar-refractivity contribution in [1.82, 2.24) is 5.32 Å². The van der Waals surface area contributed by atoms with Gasteiger partial charge in [-0.3, -0.25) is 9.59 Å². The molecule has 0 fully saturated rings. The number of nitrogens with zero attached hydrogens (tertiary/aromatic N) is 1. The maximum Gasteiger partial charge on any atom is 0.231 e. The minimum atomic E-state index is -0.268. The summed E-state index contributed by atoms with van der Waals surface area (Å²) in [6.07, 6.45) is 2.16. The molecule has 4 nitrogen and oxygen atoms in total. The fraction of sp³-hybridized carbons (Fsp3) is 0.300. The number of amides is 2. The highest BCUT2D eigenvalue weighted by Crippen LogP contribution is 2.28. The summed E-state index contributed by atoms with van der Waals surface area (Å²) in [5, 5.41) is 2.91. The van der Waals surface area contributed by atoms with E-state index < -0.39 is 0 Å². The lowest BCUT2D eigenvalue weighted by Crippen LogP contribution is -2.25. The maximum absolute atomic E-state index is 12.8. The van der Waals surface area contributed by atoms with Crippen LogP contribution in [0.2, 0.25) is 0 Å². The fourth-order valence-corrected chi connectivity index (χ4v) is 3.02. The minimum absolute atomic E-state index is 0.0135. The van der Waals surface area contributed by atoms with Crippen LogP contribution in [0.15, 0.2) is 42.5 Å². The molecule has 1 N–H and O–H groups in total. The van der Waals surface area contributed by atoms with Gasteiger partial charge < -0.3 is 10.2 Å². The van der Waals surface area contributed by atoms with Crippen molar-refractivity contribution < 1.29 is 14.0 Å². The molecule has 0 aliphatic carbocycles. The second kappa shape index (κ2) is 7.47. The molecule has 2 amide bonds. The fourth-order valence-electron chi connectivity index (χ4n) is 3.02. The molecule has 25 heavy (non-hydrogen) atoms. The van der Waals surface area contributed by atoms with Gasteiger partial charge in [-0.15, -0.1) is 0 Å². The highest BCUT2D eigenvalue weighted by atomic mass is 19.1. The highest BCUT2D eigenvalue weighted by Gasteiger charge is 2.23. The number of fused-ring (bicyclic) bond motifs is 1. The minimum Gasteiger partial charge on any atom is -0.356 e. The van der Waals surface area contributed by atoms with E-state index in [1.54, 1.807) is 24.1 Å². The van der Waals surface area contributed by atoms with Gasteiger partial charge in [0.2, 0.25) is 11.8 Å². The van der Waals surface area contributed by atoms with Crippen molar-refractivity contribution in [3.63, 3.8) is 0 Å². The molecule has 2 aromatic carbocycles. The number of anilines is 1. The third-order valence-corrected chi connectivity index (χ3v) is 4.51. The zero-order valence-corrected chi connectivity index (χ0v) is 14.2. The largest absolute Gasteiger partial charge is 0.356 e. The van der Waals surface area contributed by atoms with Crippen LogP contribution in [0, 0.1) is 5.82 Å². The number of carbonyl (C=O) groups is 2. The first-order valence-electron chi connectivity index (χ1n) is 8.42. The van der Waals surface area contributed by atoms with E-state index in [0.717, 1.165) is 28.8 Å². The topological polar surface area (TPSA) is 49.4 Å². The second-order valence-corrected chi connectivity index (χ2v) is 6.32. The number of rotatable bonds is 6. The summed E-state index contributed by atoms with van der Waals surface area (Å²) in [7, 11) is 1.79. The van der Waals surface area contributed by atoms with Gasteiger partial charge in [-0.2, -0.15) is 0 Å². The summed E-state index contributed by atoms with van der Waals surface area (Å²) in [6, 6.07) is 12.2. The number of carbonyl (C=O) groups excluding carboxylic acids is 2. The second-order valence-electron chi connectivity index (χ2n) is 6.32. The number of likely N-dealkylation sites (N-methyl/N-ethyl adjacent to an activating group) is 1. The van der Waals surface area contributed by atoms with Crippen LogP contribution in [-0.2, 0) is 28.9 Å². The molecule has 0 aromatic heterocycles. The van der Waals surface area contributed by atoms with Crippen molar-refractivity contribution in [3.05, 3.63) is 65.0 Å². The molecule has 0 saturated carbocycles. The molecule has 0 radical (unpaired) electrons. The van der Waals surface area contributed by atoms with E-state index in [1.165, 1.54) is 12.1 Å². The Hall–Kier alpha value is -2.69. The van der Waals surface area contributed by atoms with Gasteiger partial charge in [0.15, 0.2) is 0 Å². The Morgan fingerprint density at radius 3 is 2.60 bits per heavy atom. The van der Waals surface area contributed by atoms with Crippen LogP contribution in [0.25, 0.3) is 0 Å². The summed E-state index contributed by atoms with van der Waals surface area (Å²) < 4.78 is 12.8. The Kier molecular flexibility index (Phi) is 5.12. The van der Waals surface area contributed by atoms with E-state index in [1.807, 2.05) is 18.2 Å². The van der Waals surface area contributed by atoms with Gasteiger partial charge in [0.25, 0.3) is 0 Å². The van der Waals surface area contributed by atoms with Crippen LogP contribution in [0.3, 0.4) is 0 Å². The van der Waals surface area contributed by atoms with Crippen LogP contribution in [0.5, 0.6) is 0 Å². The molecule has 0 saturated heterocycles. The molecule has 0 unspecified atom stereocenters. The third kappa shape index (κ3) is 4.24. The molecule has 2 aromatic rings. The summed E-state index contributed by atoms with van der Waals surface area (Å²) in [6.45, 7) is 0.560. The number of benzene rings is 2. The van der Waals surface area contributed by atoms with Gasteiger partial charge in [-0.05, 0) is 47.7 Å². The van der Waals surface area contributed by atoms with Gasteiger partial charge in [0, 0.05) is 25.7 Å². The molecule has 1 heterocycles. The van der Waals surface area contributed by atoms with Crippen molar-refractivity contribution in [2.75, 3.05) is 18.5 Å². The Labute approximate surface area is 146 Å². The molecular formula is C20H21FN2O2. The monoisotopic (exact) mass is 340 g/mol. The summed E-state index contributed by atoms with van der Waals surface area (Å²) >= 11 is 0. The van der Waals surface area contributed by atoms with Crippen LogP contribution >= 0.6 is 0 Å². The lowest BCUT2D eigenvalue weighted by molar-refractivity contribution is -0.121. The highest BCUT2D eigenvalue weighted by molar-refractivity contribution is 6.00. The lowest BCUT2D eigenvalue weighted by atomic mass is 10.1. The van der Waals surface area contributed by atoms with Gasteiger partial charge in [-0.1, -0.05) is 24.3 Å². The van der Waals surface area contributed by atoms with E-state index in [-0.39, 0.29) is 17.6 Å². The van der Waals surface area contributed by atoms with E-state index in [9.17, 15) is 14.0 Å². The van der Waals surface area contributed by atoms with Gasteiger partial charge in [-0.25, -0.2) is 4.39 Å². The van der Waals surface area contributed by atoms with Crippen molar-refractivity contribution in [3.8, 4) is 0 Å². The van der Waals surface area contributed by atoms with Crippen molar-refractivity contribution in [2.45, 2.75) is 25.7 Å². The molecule has 1 aliphatic rings. The summed E-state index contributed by atoms with van der Waals surface area (Å²) in [4.78, 5) is 25.3. The third-order valence-electron chi connectivity index (χ3n) is 4.51. The molecule has 5 heteroatoms. The SMILES string of the molecule is CN1C(=O)Cc2cc(CCNC(=O)CCc3ccc(F)cc3)ccc21. The van der Waals surface area contributed by atoms with Crippen LogP contribution in [0.4, 0.5) is 10.1 Å². The lowest BCUT2D eigenvalue weighted by Gasteiger charge is -2.11. The first-order valence-corrected chi connectivity index (χ1v) is 8.42. The Morgan fingerprint density at radius 2 is 1.84 bits per heavy atom. The zero-order valence-electron chi connectivity index (χ0n) is 14.2. The number of aryl methyl sites for hydroxylation is 1. The van der Waals surface area contributed by atoms with Crippen molar-refractivity contribution >= 4 is 17.5 Å². The maximum atomic E-state index is 12.8. The summed E-state index contributed by atoms with van der Waals surface area (Å²) in [5.41, 5.74) is 4.08. The van der Waals surface area contributed by atoms with Crippen molar-refractivity contribution in [2.24, 2.45) is 0 Å². The predicted molar refractivity (Wildman–Crippen MR) is 95.0 cm³/mol. The number of hydrogen-bond acceptors (Lipinski definition) is 2. The van der Waals surface area contributed by atoms with E-state index >= 15 is 0 Å². The first kappa shape index (κ1) is 17.1. The Balaban J connectivity index is 1.44. The Morgan fingerprint density at radius 1 is 1.12 bits per heavy atom. The van der Waals surface area contributed by atoms with Crippen LogP contribution in [-0.4, -0.2) is 25.4 Å². The molecule has 3 rings (SSSR count). The van der Waals surface area contributed by atoms with Gasteiger partial charge in [0.05, 0.1) is 6.42 Å². The van der Waals surface area contributed by atoms with E-state index in [2.05, 4.69) is 5.32 Å². The molecular weight excluding hydrogens is 319 g/mol. The average Bonchev–Trinajstić information content (AvgIpc) is 2.88. The summed E-state index contributed by atoms with van der Waals surface area (Å²) in [5.74, 6) is -0.169. The molecule has 0 bridgehead atoms. The molecule has 130 valence electrons. The van der Waals surface area contributed by atoms with Gasteiger partial charge in [0.1, 0.15) is 5.82 Å². The number of nitrogens with one attached hydrogen (secondary N) is 1. The zero-order chi connectivity index (χ0) is 17.8. The smallest absolute Gasteiger partial charge is 0.231 e. The molecule has 1 aliphatic heterocycles.